The molecule has 2 aromatic carbocycles. The van der Waals surface area contributed by atoms with Crippen molar-refractivity contribution >= 4 is 18.2 Å². The van der Waals surface area contributed by atoms with E-state index in [0.29, 0.717) is 0 Å². The number of fused-ring (bicyclic) bond motifs is 1. The van der Waals surface area contributed by atoms with Crippen molar-refractivity contribution in [2.75, 3.05) is 0 Å². The van der Waals surface area contributed by atoms with Crippen LogP contribution >= 0.6 is 0 Å². The molecule has 1 aliphatic rings. The van der Waals surface area contributed by atoms with Gasteiger partial charge in [0.15, 0.2) is 0 Å². The highest BCUT2D eigenvalue weighted by Gasteiger charge is 2.26. The Labute approximate surface area is 156 Å². The number of benzene rings is 2. The summed E-state index contributed by atoms with van der Waals surface area (Å²) in [5.74, 6) is 0. The van der Waals surface area contributed by atoms with Crippen molar-refractivity contribution in [3.8, 4) is 0 Å². The van der Waals surface area contributed by atoms with Crippen LogP contribution in [-0.4, -0.2) is 17.7 Å². The molecule has 1 amide bonds. The molecule has 0 radical (unpaired) electrons. The molecule has 0 saturated carbocycles. The molecule has 2 aromatic rings. The first-order chi connectivity index (χ1) is 12.3. The molecule has 1 unspecified atom stereocenters. The lowest BCUT2D eigenvalue weighted by molar-refractivity contribution is 0.0506. The average Bonchev–Trinajstić information content (AvgIpc) is 2.95. The summed E-state index contributed by atoms with van der Waals surface area (Å²) in [6, 6.07) is 15.0. The molecule has 3 nitrogen and oxygen atoms in total. The van der Waals surface area contributed by atoms with Gasteiger partial charge in [-0.3, -0.25) is 0 Å². The molecule has 0 bridgehead atoms. The summed E-state index contributed by atoms with van der Waals surface area (Å²) in [6.07, 6.45) is 5.65. The van der Waals surface area contributed by atoms with Crippen molar-refractivity contribution in [3.05, 3.63) is 70.3 Å². The van der Waals surface area contributed by atoms with Crippen molar-refractivity contribution in [3.63, 3.8) is 0 Å². The van der Waals surface area contributed by atoms with E-state index >= 15 is 0 Å². The fourth-order valence-corrected chi connectivity index (χ4v) is 3.27. The van der Waals surface area contributed by atoms with Crippen LogP contribution in [0.25, 0.3) is 12.2 Å². The lowest BCUT2D eigenvalue weighted by atomic mass is 10.0. The van der Waals surface area contributed by atoms with E-state index in [2.05, 4.69) is 66.9 Å². The number of nitrogens with one attached hydrogen (secondary N) is 1. The van der Waals surface area contributed by atoms with Gasteiger partial charge < -0.3 is 10.1 Å². The Hall–Kier alpha value is -2.55. The van der Waals surface area contributed by atoms with E-state index in [1.165, 1.54) is 27.8 Å². The van der Waals surface area contributed by atoms with Crippen LogP contribution in [0, 0.1) is 6.92 Å². The largest absolute Gasteiger partial charge is 0.444 e. The van der Waals surface area contributed by atoms with Crippen molar-refractivity contribution in [2.45, 2.75) is 52.2 Å². The molecule has 0 spiro atoms. The van der Waals surface area contributed by atoms with Crippen molar-refractivity contribution < 1.29 is 9.53 Å². The molecule has 0 aliphatic heterocycles. The zero-order valence-corrected chi connectivity index (χ0v) is 16.0. The van der Waals surface area contributed by atoms with Crippen LogP contribution in [-0.2, 0) is 17.6 Å². The topological polar surface area (TPSA) is 38.3 Å². The smallest absolute Gasteiger partial charge is 0.407 e. The van der Waals surface area contributed by atoms with E-state index in [0.717, 1.165) is 12.8 Å². The number of rotatable bonds is 3. The molecule has 1 atom stereocenters. The standard InChI is InChI=1S/C23H27NO2/c1-16-8-10-17(11-9-16)12-13-18-6-5-7-19-14-20(15-21(18)19)24-22(25)26-23(2,3)4/h5-13,20H,14-15H2,1-4H3,(H,24,25)/b13-12+. The van der Waals surface area contributed by atoms with E-state index in [1.54, 1.807) is 0 Å². The molecule has 3 rings (SSSR count). The number of hydrogen-bond acceptors (Lipinski definition) is 2. The van der Waals surface area contributed by atoms with Crippen LogP contribution in [0.5, 0.6) is 0 Å². The first kappa shape index (κ1) is 18.2. The average molecular weight is 349 g/mol. The van der Waals surface area contributed by atoms with Crippen LogP contribution in [0.2, 0.25) is 0 Å². The SMILES string of the molecule is Cc1ccc(/C=C/c2cccc3c2CC(NC(=O)OC(C)(C)C)C3)cc1. The van der Waals surface area contributed by atoms with Gasteiger partial charge in [0.05, 0.1) is 0 Å². The molecular weight excluding hydrogens is 322 g/mol. The number of amides is 1. The summed E-state index contributed by atoms with van der Waals surface area (Å²) in [5, 5.41) is 3.00. The Kier molecular flexibility index (Phi) is 5.17. The summed E-state index contributed by atoms with van der Waals surface area (Å²) in [5.41, 5.74) is 5.82. The quantitative estimate of drug-likeness (QED) is 0.778. The summed E-state index contributed by atoms with van der Waals surface area (Å²) in [4.78, 5) is 12.0. The van der Waals surface area contributed by atoms with Gasteiger partial charge in [-0.25, -0.2) is 4.79 Å². The molecule has 26 heavy (non-hydrogen) atoms. The minimum atomic E-state index is -0.475. The van der Waals surface area contributed by atoms with Crippen molar-refractivity contribution in [1.29, 1.82) is 0 Å². The van der Waals surface area contributed by atoms with E-state index in [-0.39, 0.29) is 12.1 Å². The number of carbonyl (C=O) groups excluding carboxylic acids is 1. The molecule has 3 heteroatoms. The molecule has 1 N–H and O–H groups in total. The normalized spacial score (nSPS) is 16.5. The highest BCUT2D eigenvalue weighted by Crippen LogP contribution is 2.27. The minimum absolute atomic E-state index is 0.0915. The first-order valence-corrected chi connectivity index (χ1v) is 9.15. The summed E-state index contributed by atoms with van der Waals surface area (Å²) >= 11 is 0. The van der Waals surface area contributed by atoms with E-state index in [9.17, 15) is 4.79 Å². The first-order valence-electron chi connectivity index (χ1n) is 9.15. The zero-order chi connectivity index (χ0) is 18.7. The van der Waals surface area contributed by atoms with Gasteiger partial charge in [0.25, 0.3) is 0 Å². The number of ether oxygens (including phenoxy) is 1. The Bertz CT molecular complexity index is 813. The molecule has 136 valence electrons. The number of hydrogen-bond donors (Lipinski definition) is 1. The van der Waals surface area contributed by atoms with Gasteiger partial charge >= 0.3 is 6.09 Å². The molecule has 1 aliphatic carbocycles. The lowest BCUT2D eigenvalue weighted by Gasteiger charge is -2.21. The summed E-state index contributed by atoms with van der Waals surface area (Å²) in [6.45, 7) is 7.73. The van der Waals surface area contributed by atoms with E-state index in [4.69, 9.17) is 4.74 Å². The molecule has 0 aromatic heterocycles. The third-order valence-electron chi connectivity index (χ3n) is 4.48. The monoisotopic (exact) mass is 349 g/mol. The van der Waals surface area contributed by atoms with Gasteiger partial charge in [-0.15, -0.1) is 0 Å². The van der Waals surface area contributed by atoms with Crippen LogP contribution in [0.3, 0.4) is 0 Å². The van der Waals surface area contributed by atoms with Gasteiger partial charge in [-0.05, 0) is 62.8 Å². The predicted octanol–water partition coefficient (Wildman–Crippen LogP) is 5.16. The molecular formula is C23H27NO2. The van der Waals surface area contributed by atoms with Crippen LogP contribution < -0.4 is 5.32 Å². The van der Waals surface area contributed by atoms with Crippen molar-refractivity contribution in [1.82, 2.24) is 5.32 Å². The Morgan fingerprint density at radius 3 is 2.50 bits per heavy atom. The van der Waals surface area contributed by atoms with Gasteiger partial charge in [-0.2, -0.15) is 0 Å². The van der Waals surface area contributed by atoms with Crippen LogP contribution in [0.15, 0.2) is 42.5 Å². The number of carbonyl (C=O) groups is 1. The van der Waals surface area contributed by atoms with Crippen LogP contribution in [0.4, 0.5) is 4.79 Å². The van der Waals surface area contributed by atoms with E-state index < -0.39 is 5.60 Å². The number of alkyl carbamates (subject to hydrolysis) is 1. The Balaban J connectivity index is 1.70. The van der Waals surface area contributed by atoms with E-state index in [1.807, 2.05) is 20.8 Å². The van der Waals surface area contributed by atoms with Gasteiger partial charge in [0.2, 0.25) is 0 Å². The van der Waals surface area contributed by atoms with Gasteiger partial charge in [0.1, 0.15) is 5.60 Å². The third-order valence-corrected chi connectivity index (χ3v) is 4.48. The van der Waals surface area contributed by atoms with Gasteiger partial charge in [-0.1, -0.05) is 60.2 Å². The zero-order valence-electron chi connectivity index (χ0n) is 16.0. The van der Waals surface area contributed by atoms with Crippen LogP contribution in [0.1, 0.15) is 48.6 Å². The molecule has 0 heterocycles. The maximum atomic E-state index is 12.0. The minimum Gasteiger partial charge on any atom is -0.444 e. The second-order valence-corrected chi connectivity index (χ2v) is 7.98. The lowest BCUT2D eigenvalue weighted by Crippen LogP contribution is -2.39. The summed E-state index contributed by atoms with van der Waals surface area (Å²) < 4.78 is 5.38. The second-order valence-electron chi connectivity index (χ2n) is 7.98. The highest BCUT2D eigenvalue weighted by molar-refractivity contribution is 5.73. The summed E-state index contributed by atoms with van der Waals surface area (Å²) in [7, 11) is 0. The second kappa shape index (κ2) is 7.36. The maximum Gasteiger partial charge on any atom is 0.407 e. The molecule has 0 saturated heterocycles. The van der Waals surface area contributed by atoms with Crippen molar-refractivity contribution in [2.24, 2.45) is 0 Å². The predicted molar refractivity (Wildman–Crippen MR) is 107 cm³/mol. The Morgan fingerprint density at radius 2 is 1.81 bits per heavy atom. The molecule has 0 fully saturated rings. The highest BCUT2D eigenvalue weighted by atomic mass is 16.6. The Morgan fingerprint density at radius 1 is 1.08 bits per heavy atom. The third kappa shape index (κ3) is 4.75. The fraction of sp³-hybridized carbons (Fsp3) is 0.348. The fourth-order valence-electron chi connectivity index (χ4n) is 3.27. The maximum absolute atomic E-state index is 12.0. The number of aryl methyl sites for hydroxylation is 1. The van der Waals surface area contributed by atoms with Gasteiger partial charge in [0, 0.05) is 6.04 Å².